The summed E-state index contributed by atoms with van der Waals surface area (Å²) in [5.41, 5.74) is 1.63. The summed E-state index contributed by atoms with van der Waals surface area (Å²) >= 11 is 3.36. The van der Waals surface area contributed by atoms with E-state index in [1.165, 1.54) is 19.2 Å². The lowest BCUT2D eigenvalue weighted by molar-refractivity contribution is -0.385. The van der Waals surface area contributed by atoms with Crippen molar-refractivity contribution in [2.75, 3.05) is 7.11 Å². The Morgan fingerprint density at radius 1 is 1.18 bits per heavy atom. The predicted octanol–water partition coefficient (Wildman–Crippen LogP) is 3.93. The van der Waals surface area contributed by atoms with Gasteiger partial charge in [-0.3, -0.25) is 10.1 Å². The fourth-order valence-electron chi connectivity index (χ4n) is 2.23. The molecule has 0 spiro atoms. The average Bonchev–Trinajstić information content (AvgIpc) is 2.53. The highest BCUT2D eigenvalue weighted by molar-refractivity contribution is 9.10. The predicted molar refractivity (Wildman–Crippen MR) is 86.0 cm³/mol. The van der Waals surface area contributed by atoms with Gasteiger partial charge in [-0.05, 0) is 36.6 Å². The van der Waals surface area contributed by atoms with Crippen molar-refractivity contribution in [1.29, 1.82) is 0 Å². The highest BCUT2D eigenvalue weighted by Gasteiger charge is 2.21. The van der Waals surface area contributed by atoms with Gasteiger partial charge in [-0.25, -0.2) is 4.79 Å². The van der Waals surface area contributed by atoms with Crippen molar-refractivity contribution in [3.63, 3.8) is 0 Å². The fourth-order valence-corrected chi connectivity index (χ4v) is 2.49. The molecular formula is C16H14BrNO4. The van der Waals surface area contributed by atoms with Crippen LogP contribution in [0.2, 0.25) is 0 Å². The van der Waals surface area contributed by atoms with Crippen LogP contribution in [0.1, 0.15) is 21.5 Å². The number of benzene rings is 2. The van der Waals surface area contributed by atoms with Gasteiger partial charge in [0.05, 0.1) is 17.6 Å². The molecule has 5 nitrogen and oxygen atoms in total. The van der Waals surface area contributed by atoms with Crippen molar-refractivity contribution in [2.45, 2.75) is 12.8 Å². The Labute approximate surface area is 136 Å². The van der Waals surface area contributed by atoms with Crippen LogP contribution in [0.5, 0.6) is 0 Å². The normalized spacial score (nSPS) is 10.3. The molecule has 2 rings (SSSR count). The average molecular weight is 364 g/mol. The van der Waals surface area contributed by atoms with Crippen molar-refractivity contribution in [1.82, 2.24) is 0 Å². The highest BCUT2D eigenvalue weighted by Crippen LogP contribution is 2.25. The van der Waals surface area contributed by atoms with Crippen LogP contribution in [0.4, 0.5) is 5.69 Å². The lowest BCUT2D eigenvalue weighted by Crippen LogP contribution is -2.09. The van der Waals surface area contributed by atoms with Crippen LogP contribution in [0, 0.1) is 10.1 Å². The molecule has 0 aromatic heterocycles. The Balaban J connectivity index is 2.32. The summed E-state index contributed by atoms with van der Waals surface area (Å²) in [6, 6.07) is 12.2. The summed E-state index contributed by atoms with van der Waals surface area (Å²) < 4.78 is 5.68. The van der Waals surface area contributed by atoms with E-state index in [-0.39, 0.29) is 11.3 Å². The SMILES string of the molecule is COC(=O)c1cccc([N+](=O)[O-])c1CCc1ccc(Br)cc1. The summed E-state index contributed by atoms with van der Waals surface area (Å²) in [6.07, 6.45) is 0.991. The standard InChI is InChI=1S/C16H14BrNO4/c1-22-16(19)14-3-2-4-15(18(20)21)13(14)10-7-11-5-8-12(17)9-6-11/h2-6,8-9H,7,10H2,1H3. The van der Waals surface area contributed by atoms with E-state index < -0.39 is 10.9 Å². The van der Waals surface area contributed by atoms with Gasteiger partial charge < -0.3 is 4.74 Å². The number of esters is 1. The number of methoxy groups -OCH3 is 1. The zero-order valence-corrected chi connectivity index (χ0v) is 13.5. The number of aryl methyl sites for hydroxylation is 1. The molecule has 0 radical (unpaired) electrons. The molecule has 0 aliphatic heterocycles. The molecule has 0 aliphatic carbocycles. The van der Waals surface area contributed by atoms with Crippen LogP contribution in [-0.4, -0.2) is 18.0 Å². The van der Waals surface area contributed by atoms with Crippen LogP contribution in [-0.2, 0) is 17.6 Å². The summed E-state index contributed by atoms with van der Waals surface area (Å²) in [5, 5.41) is 11.2. The molecule has 0 unspecified atom stereocenters. The maximum atomic E-state index is 11.8. The van der Waals surface area contributed by atoms with Gasteiger partial charge in [0.2, 0.25) is 0 Å². The molecule has 0 bridgehead atoms. The molecule has 0 saturated heterocycles. The second-order valence-electron chi connectivity index (χ2n) is 4.68. The maximum absolute atomic E-state index is 11.8. The number of rotatable bonds is 5. The minimum atomic E-state index is -0.561. The summed E-state index contributed by atoms with van der Waals surface area (Å²) in [5.74, 6) is -0.561. The van der Waals surface area contributed by atoms with E-state index in [1.54, 1.807) is 6.07 Å². The number of hydrogen-bond donors (Lipinski definition) is 0. The van der Waals surface area contributed by atoms with Crippen molar-refractivity contribution in [3.05, 3.63) is 73.7 Å². The molecule has 6 heteroatoms. The third-order valence-electron chi connectivity index (χ3n) is 3.33. The quantitative estimate of drug-likeness (QED) is 0.458. The Kier molecular flexibility index (Phi) is 5.27. The first-order valence-corrected chi connectivity index (χ1v) is 7.41. The topological polar surface area (TPSA) is 69.4 Å². The van der Waals surface area contributed by atoms with E-state index in [1.807, 2.05) is 24.3 Å². The second-order valence-corrected chi connectivity index (χ2v) is 5.59. The molecule has 22 heavy (non-hydrogen) atoms. The van der Waals surface area contributed by atoms with E-state index >= 15 is 0 Å². The molecule has 0 amide bonds. The van der Waals surface area contributed by atoms with Gasteiger partial charge in [0.25, 0.3) is 5.69 Å². The van der Waals surface area contributed by atoms with Gasteiger partial charge in [-0.15, -0.1) is 0 Å². The van der Waals surface area contributed by atoms with Crippen molar-refractivity contribution < 1.29 is 14.5 Å². The molecule has 2 aromatic carbocycles. The Hall–Kier alpha value is -2.21. The maximum Gasteiger partial charge on any atom is 0.338 e. The van der Waals surface area contributed by atoms with E-state index in [0.717, 1.165) is 10.0 Å². The first-order chi connectivity index (χ1) is 10.5. The van der Waals surface area contributed by atoms with Crippen LogP contribution in [0.25, 0.3) is 0 Å². The Morgan fingerprint density at radius 3 is 2.45 bits per heavy atom. The number of carbonyl (C=O) groups excluding carboxylic acids is 1. The smallest absolute Gasteiger partial charge is 0.338 e. The van der Waals surface area contributed by atoms with Crippen molar-refractivity contribution in [3.8, 4) is 0 Å². The third-order valence-corrected chi connectivity index (χ3v) is 3.86. The van der Waals surface area contributed by atoms with Gasteiger partial charge >= 0.3 is 5.97 Å². The van der Waals surface area contributed by atoms with Gasteiger partial charge in [-0.2, -0.15) is 0 Å². The van der Waals surface area contributed by atoms with Crippen LogP contribution >= 0.6 is 15.9 Å². The molecule has 0 atom stereocenters. The number of nitrogens with zero attached hydrogens (tertiary/aromatic N) is 1. The number of ether oxygens (including phenoxy) is 1. The number of nitro groups is 1. The number of carbonyl (C=O) groups is 1. The lowest BCUT2D eigenvalue weighted by Gasteiger charge is -2.09. The van der Waals surface area contributed by atoms with Crippen LogP contribution < -0.4 is 0 Å². The number of halogens is 1. The zero-order chi connectivity index (χ0) is 16.1. The van der Waals surface area contributed by atoms with Gasteiger partial charge in [0.15, 0.2) is 0 Å². The van der Waals surface area contributed by atoms with E-state index in [2.05, 4.69) is 15.9 Å². The summed E-state index contributed by atoms with van der Waals surface area (Å²) in [6.45, 7) is 0. The van der Waals surface area contributed by atoms with Crippen LogP contribution in [0.15, 0.2) is 46.9 Å². The number of nitro benzene ring substituents is 1. The molecule has 2 aromatic rings. The highest BCUT2D eigenvalue weighted by atomic mass is 79.9. The van der Waals surface area contributed by atoms with Gasteiger partial charge in [0.1, 0.15) is 0 Å². The van der Waals surface area contributed by atoms with Crippen LogP contribution in [0.3, 0.4) is 0 Å². The monoisotopic (exact) mass is 363 g/mol. The molecule has 0 saturated carbocycles. The Morgan fingerprint density at radius 2 is 1.86 bits per heavy atom. The first-order valence-electron chi connectivity index (χ1n) is 6.62. The Bertz CT molecular complexity index is 698. The molecule has 0 fully saturated rings. The number of hydrogen-bond acceptors (Lipinski definition) is 4. The summed E-state index contributed by atoms with van der Waals surface area (Å²) in [4.78, 5) is 22.5. The van der Waals surface area contributed by atoms with E-state index in [9.17, 15) is 14.9 Å². The minimum absolute atomic E-state index is 0.0555. The van der Waals surface area contributed by atoms with E-state index in [0.29, 0.717) is 18.4 Å². The first kappa shape index (κ1) is 16.2. The molecular weight excluding hydrogens is 350 g/mol. The fraction of sp³-hybridized carbons (Fsp3) is 0.188. The second kappa shape index (κ2) is 7.17. The molecule has 0 heterocycles. The summed E-state index contributed by atoms with van der Waals surface area (Å²) in [7, 11) is 1.26. The van der Waals surface area contributed by atoms with Gasteiger partial charge in [0, 0.05) is 16.1 Å². The van der Waals surface area contributed by atoms with Crippen molar-refractivity contribution >= 4 is 27.6 Å². The van der Waals surface area contributed by atoms with Gasteiger partial charge in [-0.1, -0.05) is 34.1 Å². The molecule has 114 valence electrons. The molecule has 0 aliphatic rings. The molecule has 0 N–H and O–H groups in total. The van der Waals surface area contributed by atoms with E-state index in [4.69, 9.17) is 4.74 Å². The largest absolute Gasteiger partial charge is 0.465 e. The minimum Gasteiger partial charge on any atom is -0.465 e. The van der Waals surface area contributed by atoms with Crippen molar-refractivity contribution in [2.24, 2.45) is 0 Å². The zero-order valence-electron chi connectivity index (χ0n) is 11.9. The third kappa shape index (κ3) is 3.71. The lowest BCUT2D eigenvalue weighted by atomic mass is 9.98.